The molecule has 0 bridgehead atoms. The predicted octanol–water partition coefficient (Wildman–Crippen LogP) is 4.24. The van der Waals surface area contributed by atoms with Crippen LogP contribution < -0.4 is 16.0 Å². The van der Waals surface area contributed by atoms with Crippen molar-refractivity contribution in [3.05, 3.63) is 35.9 Å². The van der Waals surface area contributed by atoms with Gasteiger partial charge >= 0.3 is 0 Å². The minimum Gasteiger partial charge on any atom is -0.379 e. The van der Waals surface area contributed by atoms with E-state index in [1.54, 1.807) is 45.0 Å². The van der Waals surface area contributed by atoms with Gasteiger partial charge in [0.2, 0.25) is 23.6 Å². The molecular weight excluding hydrogens is 686 g/mol. The molecule has 12 heteroatoms. The molecule has 306 valence electrons. The molecule has 0 aliphatic carbocycles. The smallest absolute Gasteiger partial charge is 0.245 e. The second-order valence-electron chi connectivity index (χ2n) is 16.1. The van der Waals surface area contributed by atoms with Crippen molar-refractivity contribution in [2.24, 2.45) is 29.6 Å². The third-order valence-corrected chi connectivity index (χ3v) is 11.3. The average Bonchev–Trinajstić information content (AvgIpc) is 3.62. The summed E-state index contributed by atoms with van der Waals surface area (Å²) in [7, 11) is 6.57. The maximum absolute atomic E-state index is 14.2. The lowest BCUT2D eigenvalue weighted by Crippen LogP contribution is -2.59. The highest BCUT2D eigenvalue weighted by Crippen LogP contribution is 2.30. The van der Waals surface area contributed by atoms with Crippen LogP contribution in [-0.2, 0) is 39.9 Å². The summed E-state index contributed by atoms with van der Waals surface area (Å²) in [5.41, 5.74) is 0.953. The Labute approximate surface area is 325 Å². The molecule has 0 aromatic heterocycles. The molecule has 1 fully saturated rings. The molecule has 0 saturated carbocycles. The number of rotatable bonds is 22. The van der Waals surface area contributed by atoms with Crippen LogP contribution >= 0.6 is 0 Å². The molecule has 1 heterocycles. The van der Waals surface area contributed by atoms with Gasteiger partial charge < -0.3 is 35.2 Å². The summed E-state index contributed by atoms with van der Waals surface area (Å²) in [5.74, 6) is -2.05. The van der Waals surface area contributed by atoms with Crippen molar-refractivity contribution in [3.63, 3.8) is 0 Å². The van der Waals surface area contributed by atoms with Crippen molar-refractivity contribution in [2.45, 2.75) is 137 Å². The Balaban J connectivity index is 2.29. The first-order valence-corrected chi connectivity index (χ1v) is 19.9. The summed E-state index contributed by atoms with van der Waals surface area (Å²) in [4.78, 5) is 72.1. The maximum Gasteiger partial charge on any atom is 0.245 e. The van der Waals surface area contributed by atoms with Crippen molar-refractivity contribution < 1.29 is 33.4 Å². The standard InChI is InChI=1S/C42H71N5O7/c1-14-28(8)37(46(11)42(52)36(26(4)5)45-41(51)35(43-10)25(2)3)33(53-12)24-34(48)47-22-18-21-32(47)39(54-13)29(9)40(50)44-31(38(49)27(6)7)23-30-19-16-15-17-20-30/h15-17,19-20,25-29,31-33,35-37,39,43H,14,18,21-24H2,1-13H3,(H,44,50)(H,45,51). The fourth-order valence-corrected chi connectivity index (χ4v) is 7.83. The summed E-state index contributed by atoms with van der Waals surface area (Å²) in [5, 5.41) is 9.05. The molecular formula is C42H71N5O7. The topological polar surface area (TPSA) is 146 Å². The SMILES string of the molecule is CCC(C)C(C(CC(=O)N1CCCC1C(OC)C(C)C(=O)NC(Cc1ccccc1)C(=O)C(C)C)OC)N(C)C(=O)C(NC(=O)C(NC)C(C)C)C(C)C. The minimum absolute atomic E-state index is 0.0204. The molecule has 1 aliphatic rings. The zero-order chi connectivity index (χ0) is 40.9. The van der Waals surface area contributed by atoms with E-state index < -0.39 is 42.3 Å². The largest absolute Gasteiger partial charge is 0.379 e. The number of hydrogen-bond donors (Lipinski definition) is 3. The summed E-state index contributed by atoms with van der Waals surface area (Å²) < 4.78 is 12.0. The van der Waals surface area contributed by atoms with Gasteiger partial charge in [0.1, 0.15) is 6.04 Å². The molecule has 2 rings (SSSR count). The molecule has 1 saturated heterocycles. The van der Waals surface area contributed by atoms with E-state index in [2.05, 4.69) is 16.0 Å². The Morgan fingerprint density at radius 2 is 1.48 bits per heavy atom. The lowest BCUT2D eigenvalue weighted by Gasteiger charge is -2.41. The van der Waals surface area contributed by atoms with E-state index in [1.807, 2.05) is 85.7 Å². The second kappa shape index (κ2) is 22.3. The van der Waals surface area contributed by atoms with Crippen LogP contribution in [0.1, 0.15) is 93.6 Å². The lowest BCUT2D eigenvalue weighted by molar-refractivity contribution is -0.148. The highest BCUT2D eigenvalue weighted by Gasteiger charge is 2.43. The summed E-state index contributed by atoms with van der Waals surface area (Å²) >= 11 is 0. The van der Waals surface area contributed by atoms with Gasteiger partial charge in [-0.3, -0.25) is 24.0 Å². The van der Waals surface area contributed by atoms with Gasteiger partial charge in [-0.25, -0.2) is 0 Å². The first kappa shape index (κ1) is 46.8. The minimum atomic E-state index is -0.766. The molecule has 9 unspecified atom stereocenters. The van der Waals surface area contributed by atoms with Gasteiger partial charge in [0.15, 0.2) is 5.78 Å². The number of ether oxygens (including phenoxy) is 2. The van der Waals surface area contributed by atoms with Crippen molar-refractivity contribution >= 4 is 29.4 Å². The van der Waals surface area contributed by atoms with E-state index in [4.69, 9.17) is 9.47 Å². The van der Waals surface area contributed by atoms with Crippen molar-refractivity contribution in [1.82, 2.24) is 25.8 Å². The highest BCUT2D eigenvalue weighted by atomic mass is 16.5. The normalized spacial score (nSPS) is 19.1. The summed E-state index contributed by atoms with van der Waals surface area (Å²) in [6.07, 6.45) is 1.30. The monoisotopic (exact) mass is 758 g/mol. The first-order valence-electron chi connectivity index (χ1n) is 19.9. The van der Waals surface area contributed by atoms with E-state index >= 15 is 0 Å². The van der Waals surface area contributed by atoms with Crippen LogP contribution in [0, 0.1) is 29.6 Å². The van der Waals surface area contributed by atoms with Gasteiger partial charge in [-0.1, -0.05) is 99.1 Å². The van der Waals surface area contributed by atoms with Crippen LogP contribution in [0.5, 0.6) is 0 Å². The number of amides is 4. The van der Waals surface area contributed by atoms with Crippen LogP contribution in [-0.4, -0.2) is 116 Å². The second-order valence-corrected chi connectivity index (χ2v) is 16.1. The van der Waals surface area contributed by atoms with Crippen LogP contribution in [0.3, 0.4) is 0 Å². The first-order chi connectivity index (χ1) is 25.4. The maximum atomic E-state index is 14.2. The quantitative estimate of drug-likeness (QED) is 0.159. The number of benzene rings is 1. The van der Waals surface area contributed by atoms with Gasteiger partial charge in [0, 0.05) is 33.7 Å². The van der Waals surface area contributed by atoms with E-state index in [9.17, 15) is 24.0 Å². The van der Waals surface area contributed by atoms with Gasteiger partial charge in [0.25, 0.3) is 0 Å². The Kier molecular flexibility index (Phi) is 19.3. The van der Waals surface area contributed by atoms with Crippen LogP contribution in [0.15, 0.2) is 30.3 Å². The van der Waals surface area contributed by atoms with Crippen LogP contribution in [0.2, 0.25) is 0 Å². The summed E-state index contributed by atoms with van der Waals surface area (Å²) in [6, 6.07) is 6.89. The van der Waals surface area contributed by atoms with E-state index in [-0.39, 0.29) is 65.5 Å². The van der Waals surface area contributed by atoms with Gasteiger partial charge in [-0.05, 0) is 49.6 Å². The fourth-order valence-electron chi connectivity index (χ4n) is 7.83. The molecule has 54 heavy (non-hydrogen) atoms. The Bertz CT molecular complexity index is 1360. The molecule has 1 aliphatic heterocycles. The number of likely N-dealkylation sites (tertiary alicyclic amines) is 1. The van der Waals surface area contributed by atoms with E-state index in [0.717, 1.165) is 18.4 Å². The molecule has 1 aromatic rings. The number of ketones is 1. The Hall–Kier alpha value is -3.35. The number of carbonyl (C=O) groups is 5. The van der Waals surface area contributed by atoms with Crippen LogP contribution in [0.4, 0.5) is 0 Å². The number of methoxy groups -OCH3 is 2. The molecule has 3 N–H and O–H groups in total. The Morgan fingerprint density at radius 3 is 1.98 bits per heavy atom. The average molecular weight is 758 g/mol. The molecule has 0 spiro atoms. The van der Waals surface area contributed by atoms with Crippen molar-refractivity contribution in [2.75, 3.05) is 34.9 Å². The fraction of sp³-hybridized carbons (Fsp3) is 0.738. The molecule has 1 aromatic carbocycles. The van der Waals surface area contributed by atoms with Gasteiger partial charge in [0.05, 0.1) is 48.7 Å². The van der Waals surface area contributed by atoms with E-state index in [1.165, 1.54) is 0 Å². The number of carbonyl (C=O) groups excluding carboxylic acids is 5. The molecule has 4 amide bonds. The zero-order valence-electron chi connectivity index (χ0n) is 35.3. The third kappa shape index (κ3) is 12.3. The zero-order valence-corrected chi connectivity index (χ0v) is 35.3. The van der Waals surface area contributed by atoms with Crippen molar-refractivity contribution in [3.8, 4) is 0 Å². The molecule has 0 radical (unpaired) electrons. The highest BCUT2D eigenvalue weighted by molar-refractivity contribution is 5.91. The third-order valence-electron chi connectivity index (χ3n) is 11.3. The van der Waals surface area contributed by atoms with E-state index in [0.29, 0.717) is 19.4 Å². The molecule has 9 atom stereocenters. The lowest BCUT2D eigenvalue weighted by atomic mass is 9.89. The van der Waals surface area contributed by atoms with Gasteiger partial charge in [-0.15, -0.1) is 0 Å². The van der Waals surface area contributed by atoms with Gasteiger partial charge in [-0.2, -0.15) is 0 Å². The van der Waals surface area contributed by atoms with Crippen molar-refractivity contribution in [1.29, 1.82) is 0 Å². The summed E-state index contributed by atoms with van der Waals surface area (Å²) in [6.45, 7) is 17.7. The number of nitrogens with zero attached hydrogens (tertiary/aromatic N) is 2. The molecule has 12 nitrogen and oxygen atoms in total. The number of Topliss-reactive ketones (excluding diaryl/α,β-unsaturated/α-hetero) is 1. The Morgan fingerprint density at radius 1 is 0.870 bits per heavy atom. The predicted molar refractivity (Wildman–Crippen MR) is 212 cm³/mol. The number of nitrogens with one attached hydrogen (secondary N) is 3. The number of likely N-dealkylation sites (N-methyl/N-ethyl adjacent to an activating group) is 2. The number of hydrogen-bond acceptors (Lipinski definition) is 8. The van der Waals surface area contributed by atoms with Crippen LogP contribution in [0.25, 0.3) is 0 Å².